The van der Waals surface area contributed by atoms with E-state index in [1.54, 1.807) is 0 Å². The zero-order chi connectivity index (χ0) is 11.5. The van der Waals surface area contributed by atoms with Crippen LogP contribution in [0.5, 0.6) is 0 Å². The molecule has 1 aromatic rings. The molecular formula is C15H19Br. The Labute approximate surface area is 107 Å². The van der Waals surface area contributed by atoms with Crippen molar-refractivity contribution in [2.45, 2.75) is 39.0 Å². The topological polar surface area (TPSA) is 0 Å². The van der Waals surface area contributed by atoms with Gasteiger partial charge in [0.05, 0.1) is 0 Å². The average Bonchev–Trinajstić information content (AvgIpc) is 2.32. The monoisotopic (exact) mass is 278 g/mol. The van der Waals surface area contributed by atoms with Crippen molar-refractivity contribution < 1.29 is 0 Å². The van der Waals surface area contributed by atoms with E-state index in [9.17, 15) is 0 Å². The molecule has 86 valence electrons. The van der Waals surface area contributed by atoms with E-state index in [1.807, 2.05) is 0 Å². The fraction of sp³-hybridized carbons (Fsp3) is 0.467. The number of halogens is 1. The first kappa shape index (κ1) is 11.9. The highest BCUT2D eigenvalue weighted by Gasteiger charge is 2.18. The van der Waals surface area contributed by atoms with Crippen LogP contribution in [-0.4, -0.2) is 0 Å². The van der Waals surface area contributed by atoms with Gasteiger partial charge in [0.1, 0.15) is 0 Å². The van der Waals surface area contributed by atoms with Gasteiger partial charge < -0.3 is 0 Å². The SMILES string of the molecule is C=C(c1cc(Br)ccc1C)C1CCCCC1. The van der Waals surface area contributed by atoms with Gasteiger partial charge in [0, 0.05) is 4.47 Å². The molecule has 1 aliphatic rings. The molecule has 1 aliphatic carbocycles. The molecule has 1 fully saturated rings. The number of allylic oxidation sites excluding steroid dienone is 1. The Kier molecular flexibility index (Phi) is 3.86. The summed E-state index contributed by atoms with van der Waals surface area (Å²) in [5, 5.41) is 0. The maximum Gasteiger partial charge on any atom is 0.0181 e. The summed E-state index contributed by atoms with van der Waals surface area (Å²) in [6, 6.07) is 6.49. The zero-order valence-electron chi connectivity index (χ0n) is 9.93. The smallest absolute Gasteiger partial charge is 0.0181 e. The molecule has 0 heterocycles. The third-order valence-electron chi connectivity index (χ3n) is 3.64. The third-order valence-corrected chi connectivity index (χ3v) is 4.14. The van der Waals surface area contributed by atoms with Crippen molar-refractivity contribution in [3.63, 3.8) is 0 Å². The van der Waals surface area contributed by atoms with Crippen molar-refractivity contribution in [3.8, 4) is 0 Å². The number of hydrogen-bond donors (Lipinski definition) is 0. The molecule has 0 aromatic heterocycles. The molecule has 0 spiro atoms. The molecule has 1 aromatic carbocycles. The standard InChI is InChI=1S/C15H19Br/c1-11-8-9-14(16)10-15(11)12(2)13-6-4-3-5-7-13/h8-10,13H,2-7H2,1H3. The van der Waals surface area contributed by atoms with Gasteiger partial charge in [-0.3, -0.25) is 0 Å². The van der Waals surface area contributed by atoms with Crippen LogP contribution in [0.1, 0.15) is 43.2 Å². The fourth-order valence-electron chi connectivity index (χ4n) is 2.61. The Morgan fingerprint density at radius 1 is 1.25 bits per heavy atom. The van der Waals surface area contributed by atoms with Gasteiger partial charge in [0.2, 0.25) is 0 Å². The first-order chi connectivity index (χ1) is 7.68. The summed E-state index contributed by atoms with van der Waals surface area (Å²) < 4.78 is 1.16. The van der Waals surface area contributed by atoms with Crippen LogP contribution in [0.15, 0.2) is 29.3 Å². The molecule has 0 nitrogen and oxygen atoms in total. The van der Waals surface area contributed by atoms with Gasteiger partial charge in [-0.15, -0.1) is 0 Å². The predicted molar refractivity (Wildman–Crippen MR) is 74.5 cm³/mol. The lowest BCUT2D eigenvalue weighted by Gasteiger charge is -2.25. The van der Waals surface area contributed by atoms with E-state index < -0.39 is 0 Å². The van der Waals surface area contributed by atoms with E-state index in [0.29, 0.717) is 5.92 Å². The van der Waals surface area contributed by atoms with Crippen molar-refractivity contribution in [2.75, 3.05) is 0 Å². The first-order valence-corrected chi connectivity index (χ1v) is 6.93. The summed E-state index contributed by atoms with van der Waals surface area (Å²) in [5.74, 6) is 0.710. The fourth-order valence-corrected chi connectivity index (χ4v) is 2.97. The van der Waals surface area contributed by atoms with Gasteiger partial charge in [0.15, 0.2) is 0 Å². The maximum atomic E-state index is 4.33. The molecule has 0 saturated heterocycles. The highest BCUT2D eigenvalue weighted by molar-refractivity contribution is 9.10. The van der Waals surface area contributed by atoms with E-state index in [2.05, 4.69) is 47.6 Å². The highest BCUT2D eigenvalue weighted by Crippen LogP contribution is 2.36. The Balaban J connectivity index is 2.22. The molecule has 1 heteroatoms. The lowest BCUT2D eigenvalue weighted by molar-refractivity contribution is 0.430. The molecular weight excluding hydrogens is 260 g/mol. The maximum absolute atomic E-state index is 4.33. The minimum absolute atomic E-state index is 0.710. The normalized spacial score (nSPS) is 17.4. The van der Waals surface area contributed by atoms with Crippen molar-refractivity contribution in [2.24, 2.45) is 5.92 Å². The van der Waals surface area contributed by atoms with Crippen LogP contribution >= 0.6 is 15.9 Å². The lowest BCUT2D eigenvalue weighted by Crippen LogP contribution is -2.08. The first-order valence-electron chi connectivity index (χ1n) is 6.14. The van der Waals surface area contributed by atoms with Crippen LogP contribution in [0.4, 0.5) is 0 Å². The molecule has 16 heavy (non-hydrogen) atoms. The number of hydrogen-bond acceptors (Lipinski definition) is 0. The molecule has 0 atom stereocenters. The van der Waals surface area contributed by atoms with Gasteiger partial charge in [-0.1, -0.05) is 47.8 Å². The summed E-state index contributed by atoms with van der Waals surface area (Å²) in [6.07, 6.45) is 6.80. The van der Waals surface area contributed by atoms with Gasteiger partial charge in [0.25, 0.3) is 0 Å². The van der Waals surface area contributed by atoms with Gasteiger partial charge in [-0.2, -0.15) is 0 Å². The summed E-state index contributed by atoms with van der Waals surface area (Å²) in [7, 11) is 0. The van der Waals surface area contributed by atoms with Crippen molar-refractivity contribution in [3.05, 3.63) is 40.4 Å². The van der Waals surface area contributed by atoms with Crippen molar-refractivity contribution >= 4 is 21.5 Å². The Hall–Kier alpha value is -0.560. The van der Waals surface area contributed by atoms with Crippen LogP contribution in [0.2, 0.25) is 0 Å². The predicted octanol–water partition coefficient (Wildman–Crippen LogP) is 5.35. The van der Waals surface area contributed by atoms with Crippen LogP contribution in [0.3, 0.4) is 0 Å². The van der Waals surface area contributed by atoms with E-state index in [4.69, 9.17) is 0 Å². The molecule has 0 unspecified atom stereocenters. The third kappa shape index (κ3) is 2.57. The van der Waals surface area contributed by atoms with E-state index in [-0.39, 0.29) is 0 Å². The number of aryl methyl sites for hydroxylation is 1. The minimum Gasteiger partial charge on any atom is -0.0949 e. The molecule has 0 amide bonds. The molecule has 1 saturated carbocycles. The second kappa shape index (κ2) is 5.18. The Morgan fingerprint density at radius 2 is 1.94 bits per heavy atom. The zero-order valence-corrected chi connectivity index (χ0v) is 11.5. The summed E-state index contributed by atoms with van der Waals surface area (Å²) >= 11 is 3.55. The van der Waals surface area contributed by atoms with E-state index in [1.165, 1.54) is 48.8 Å². The Bertz CT molecular complexity index is 386. The Morgan fingerprint density at radius 3 is 2.62 bits per heavy atom. The summed E-state index contributed by atoms with van der Waals surface area (Å²) in [5.41, 5.74) is 4.04. The lowest BCUT2D eigenvalue weighted by atomic mass is 9.81. The van der Waals surface area contributed by atoms with Crippen molar-refractivity contribution in [1.82, 2.24) is 0 Å². The number of benzene rings is 1. The van der Waals surface area contributed by atoms with E-state index >= 15 is 0 Å². The highest BCUT2D eigenvalue weighted by atomic mass is 79.9. The van der Waals surface area contributed by atoms with Crippen LogP contribution in [0.25, 0.3) is 5.57 Å². The van der Waals surface area contributed by atoms with Crippen LogP contribution in [-0.2, 0) is 0 Å². The second-order valence-corrected chi connectivity index (χ2v) is 5.74. The quantitative estimate of drug-likeness (QED) is 0.684. The van der Waals surface area contributed by atoms with Gasteiger partial charge >= 0.3 is 0 Å². The molecule has 0 N–H and O–H groups in total. The molecule has 0 aliphatic heterocycles. The minimum atomic E-state index is 0.710. The van der Waals surface area contributed by atoms with Gasteiger partial charge in [-0.05, 0) is 54.5 Å². The second-order valence-electron chi connectivity index (χ2n) is 4.82. The molecule has 0 radical (unpaired) electrons. The van der Waals surface area contributed by atoms with Crippen LogP contribution < -0.4 is 0 Å². The molecule has 2 rings (SSSR count). The molecule has 0 bridgehead atoms. The van der Waals surface area contributed by atoms with E-state index in [0.717, 1.165) is 4.47 Å². The van der Waals surface area contributed by atoms with Crippen molar-refractivity contribution in [1.29, 1.82) is 0 Å². The average molecular weight is 279 g/mol. The summed E-state index contributed by atoms with van der Waals surface area (Å²) in [4.78, 5) is 0. The van der Waals surface area contributed by atoms with Gasteiger partial charge in [-0.25, -0.2) is 0 Å². The van der Waals surface area contributed by atoms with Crippen LogP contribution in [0, 0.1) is 12.8 Å². The number of rotatable bonds is 2. The summed E-state index contributed by atoms with van der Waals surface area (Å²) in [6.45, 7) is 6.51. The largest absolute Gasteiger partial charge is 0.0949 e.